The Morgan fingerprint density at radius 1 is 1.14 bits per heavy atom. The minimum absolute atomic E-state index is 0.0694. The highest BCUT2D eigenvalue weighted by Crippen LogP contribution is 2.31. The summed E-state index contributed by atoms with van der Waals surface area (Å²) in [6.07, 6.45) is -3.60. The number of benzene rings is 2. The summed E-state index contributed by atoms with van der Waals surface area (Å²) in [6.45, 7) is 3.42. The van der Waals surface area contributed by atoms with Crippen LogP contribution in [0.25, 0.3) is 0 Å². The van der Waals surface area contributed by atoms with Crippen LogP contribution in [0.3, 0.4) is 0 Å². The molecule has 1 atom stereocenters. The van der Waals surface area contributed by atoms with Crippen LogP contribution in [-0.2, 0) is 9.63 Å². The molecule has 1 fully saturated rings. The molecule has 2 aliphatic heterocycles. The Labute approximate surface area is 201 Å². The first-order chi connectivity index (χ1) is 16.6. The van der Waals surface area contributed by atoms with Crippen molar-refractivity contribution in [1.82, 2.24) is 15.7 Å². The number of halogens is 3. The van der Waals surface area contributed by atoms with Gasteiger partial charge in [-0.2, -0.15) is 0 Å². The van der Waals surface area contributed by atoms with E-state index in [1.165, 1.54) is 24.3 Å². The van der Waals surface area contributed by atoms with E-state index in [0.29, 0.717) is 37.3 Å². The number of amides is 1. The number of hydrogen-bond donors (Lipinski definition) is 2. The number of alkyl halides is 3. The van der Waals surface area contributed by atoms with Gasteiger partial charge in [0.2, 0.25) is 5.91 Å². The van der Waals surface area contributed by atoms with Crippen LogP contribution in [0.2, 0.25) is 0 Å². The number of aliphatic imine (C=N–C) groups is 1. The maximum Gasteiger partial charge on any atom is 0.573 e. The standard InChI is InChI=1S/C24H27F3N4O4/c1-16(17-3-7-19(33-2)8-4-17)28-21(32)15-31-13-11-23(12-14-31)29-22(30-35-23)18-5-9-20(10-6-18)34-24(25,26)27/h3-10,16H,11-15H2,1-2H3,(H,28,32)(H,29,30)/t16-/m1/s1. The van der Waals surface area contributed by atoms with Crippen LogP contribution in [0.4, 0.5) is 13.2 Å². The molecule has 2 heterocycles. The molecule has 2 aromatic rings. The average molecular weight is 492 g/mol. The molecule has 35 heavy (non-hydrogen) atoms. The SMILES string of the molecule is COc1ccc([C@@H](C)NC(=O)CN2CCC3(CC2)N=C(c2ccc(OC(F)(F)F)cc2)NO3)cc1. The van der Waals surface area contributed by atoms with Crippen LogP contribution >= 0.6 is 0 Å². The molecule has 2 N–H and O–H groups in total. The molecule has 4 rings (SSSR count). The fourth-order valence-corrected chi connectivity index (χ4v) is 4.07. The van der Waals surface area contributed by atoms with Gasteiger partial charge in [0.05, 0.1) is 19.7 Å². The van der Waals surface area contributed by atoms with Gasteiger partial charge in [0.15, 0.2) is 11.6 Å². The number of likely N-dealkylation sites (tertiary alicyclic amines) is 1. The van der Waals surface area contributed by atoms with E-state index in [0.717, 1.165) is 11.3 Å². The van der Waals surface area contributed by atoms with Crippen molar-refractivity contribution in [2.45, 2.75) is 37.9 Å². The minimum atomic E-state index is -4.74. The highest BCUT2D eigenvalue weighted by Gasteiger charge is 2.40. The third-order valence-electron chi connectivity index (χ3n) is 6.01. The number of hydroxylamine groups is 1. The molecule has 1 saturated heterocycles. The van der Waals surface area contributed by atoms with Crippen molar-refractivity contribution in [2.75, 3.05) is 26.7 Å². The van der Waals surface area contributed by atoms with E-state index in [-0.39, 0.29) is 24.2 Å². The van der Waals surface area contributed by atoms with Gasteiger partial charge in [-0.15, -0.1) is 13.2 Å². The molecule has 11 heteroatoms. The van der Waals surface area contributed by atoms with Gasteiger partial charge < -0.3 is 14.8 Å². The van der Waals surface area contributed by atoms with Crippen molar-refractivity contribution >= 4 is 11.7 Å². The quantitative estimate of drug-likeness (QED) is 0.615. The number of rotatable bonds is 7. The number of ether oxygens (including phenoxy) is 2. The zero-order valence-corrected chi connectivity index (χ0v) is 19.4. The highest BCUT2D eigenvalue weighted by molar-refractivity contribution is 5.99. The second-order valence-corrected chi connectivity index (χ2v) is 8.52. The molecule has 188 valence electrons. The summed E-state index contributed by atoms with van der Waals surface area (Å²) >= 11 is 0. The van der Waals surface area contributed by atoms with Gasteiger partial charge in [-0.05, 0) is 48.9 Å². The molecular formula is C24H27F3N4O4. The van der Waals surface area contributed by atoms with Gasteiger partial charge in [0.25, 0.3) is 0 Å². The van der Waals surface area contributed by atoms with Gasteiger partial charge >= 0.3 is 6.36 Å². The van der Waals surface area contributed by atoms with Crippen LogP contribution in [0.5, 0.6) is 11.5 Å². The first-order valence-electron chi connectivity index (χ1n) is 11.2. The van der Waals surface area contributed by atoms with E-state index in [1.54, 1.807) is 7.11 Å². The number of amidine groups is 1. The topological polar surface area (TPSA) is 84.4 Å². The van der Waals surface area contributed by atoms with Crippen molar-refractivity contribution in [1.29, 1.82) is 0 Å². The summed E-state index contributed by atoms with van der Waals surface area (Å²) in [6, 6.07) is 12.9. The van der Waals surface area contributed by atoms with Crippen molar-refractivity contribution < 1.29 is 32.3 Å². The van der Waals surface area contributed by atoms with Gasteiger partial charge in [-0.25, -0.2) is 15.3 Å². The van der Waals surface area contributed by atoms with Crippen LogP contribution in [-0.4, -0.2) is 55.5 Å². The normalized spacial score (nSPS) is 18.5. The predicted molar refractivity (Wildman–Crippen MR) is 122 cm³/mol. The molecule has 0 aromatic heterocycles. The van der Waals surface area contributed by atoms with Crippen molar-refractivity contribution in [3.05, 3.63) is 59.7 Å². The van der Waals surface area contributed by atoms with Crippen molar-refractivity contribution in [2.24, 2.45) is 4.99 Å². The second kappa shape index (κ2) is 10.1. The zero-order chi connectivity index (χ0) is 25.1. The Kier molecular flexibility index (Phi) is 7.18. The second-order valence-electron chi connectivity index (χ2n) is 8.52. The average Bonchev–Trinajstić information content (AvgIpc) is 3.24. The molecule has 0 unspecified atom stereocenters. The van der Waals surface area contributed by atoms with Gasteiger partial charge in [0, 0.05) is 31.5 Å². The zero-order valence-electron chi connectivity index (χ0n) is 19.4. The van der Waals surface area contributed by atoms with Crippen LogP contribution < -0.4 is 20.3 Å². The van der Waals surface area contributed by atoms with Crippen LogP contribution in [0.15, 0.2) is 53.5 Å². The molecule has 1 spiro atoms. The summed E-state index contributed by atoms with van der Waals surface area (Å²) in [4.78, 5) is 25.0. The number of nitrogens with zero attached hydrogens (tertiary/aromatic N) is 2. The van der Waals surface area contributed by atoms with Gasteiger partial charge in [-0.1, -0.05) is 12.1 Å². The summed E-state index contributed by atoms with van der Waals surface area (Å²) in [7, 11) is 1.61. The van der Waals surface area contributed by atoms with Crippen molar-refractivity contribution in [3.63, 3.8) is 0 Å². The fraction of sp³-hybridized carbons (Fsp3) is 0.417. The number of carbonyl (C=O) groups excluding carboxylic acids is 1. The highest BCUT2D eigenvalue weighted by atomic mass is 19.4. The number of methoxy groups -OCH3 is 1. The first kappa shape index (κ1) is 24.8. The van der Waals surface area contributed by atoms with E-state index < -0.39 is 12.1 Å². The Morgan fingerprint density at radius 2 is 1.77 bits per heavy atom. The first-order valence-corrected chi connectivity index (χ1v) is 11.2. The Morgan fingerprint density at radius 3 is 2.37 bits per heavy atom. The molecule has 0 aliphatic carbocycles. The lowest BCUT2D eigenvalue weighted by atomic mass is 10.0. The molecule has 0 saturated carbocycles. The summed E-state index contributed by atoms with van der Waals surface area (Å²) in [5.41, 5.74) is 3.60. The van der Waals surface area contributed by atoms with E-state index in [2.05, 4.69) is 20.5 Å². The van der Waals surface area contributed by atoms with Gasteiger partial charge in [-0.3, -0.25) is 9.69 Å². The number of nitrogens with one attached hydrogen (secondary N) is 2. The smallest absolute Gasteiger partial charge is 0.497 e. The van der Waals surface area contributed by atoms with E-state index in [4.69, 9.17) is 9.57 Å². The minimum Gasteiger partial charge on any atom is -0.497 e. The molecular weight excluding hydrogens is 465 g/mol. The molecule has 0 radical (unpaired) electrons. The molecule has 2 aliphatic rings. The number of hydrogen-bond acceptors (Lipinski definition) is 7. The predicted octanol–water partition coefficient (Wildman–Crippen LogP) is 3.54. The Balaban J connectivity index is 1.27. The maximum atomic E-state index is 12.6. The summed E-state index contributed by atoms with van der Waals surface area (Å²) in [5, 5.41) is 3.02. The Hall–Kier alpha value is -3.31. The van der Waals surface area contributed by atoms with E-state index in [9.17, 15) is 18.0 Å². The molecule has 2 aromatic carbocycles. The largest absolute Gasteiger partial charge is 0.573 e. The monoisotopic (exact) mass is 492 g/mol. The maximum absolute atomic E-state index is 12.6. The van der Waals surface area contributed by atoms with Crippen LogP contribution in [0.1, 0.15) is 36.9 Å². The third-order valence-corrected chi connectivity index (χ3v) is 6.01. The summed E-state index contributed by atoms with van der Waals surface area (Å²) in [5.74, 6) is 0.836. The van der Waals surface area contributed by atoms with Crippen LogP contribution in [0, 0.1) is 0 Å². The fourth-order valence-electron chi connectivity index (χ4n) is 4.07. The Bertz CT molecular complexity index is 1050. The lowest BCUT2D eigenvalue weighted by Crippen LogP contribution is -2.47. The number of piperidine rings is 1. The molecule has 0 bridgehead atoms. The lowest BCUT2D eigenvalue weighted by molar-refractivity contribution is -0.274. The van der Waals surface area contributed by atoms with Gasteiger partial charge in [0.1, 0.15) is 11.5 Å². The molecule has 1 amide bonds. The number of carbonyl (C=O) groups is 1. The van der Waals surface area contributed by atoms with E-state index >= 15 is 0 Å². The third kappa shape index (κ3) is 6.43. The summed E-state index contributed by atoms with van der Waals surface area (Å²) < 4.78 is 46.1. The van der Waals surface area contributed by atoms with E-state index in [1.807, 2.05) is 36.1 Å². The lowest BCUT2D eigenvalue weighted by Gasteiger charge is -2.35. The molecule has 8 nitrogen and oxygen atoms in total. The van der Waals surface area contributed by atoms with Crippen molar-refractivity contribution in [3.8, 4) is 11.5 Å².